The van der Waals surface area contributed by atoms with Crippen LogP contribution in [-0.4, -0.2) is 63.2 Å². The van der Waals surface area contributed by atoms with Crippen LogP contribution in [0.1, 0.15) is 20.8 Å². The molecule has 0 spiro atoms. The third kappa shape index (κ3) is 6.02. The number of amides is 1. The fraction of sp³-hybridized carbons (Fsp3) is 0.235. The fourth-order valence-electron chi connectivity index (χ4n) is 4.94. The Hall–Kier alpha value is -5.09. The van der Waals surface area contributed by atoms with E-state index in [1.807, 2.05) is 82.2 Å². The summed E-state index contributed by atoms with van der Waals surface area (Å²) in [5.41, 5.74) is 6.45. The average molecular weight is 592 g/mol. The first-order valence-electron chi connectivity index (χ1n) is 14.4. The van der Waals surface area contributed by atoms with Crippen LogP contribution in [0, 0.1) is 11.2 Å². The third-order valence-electron chi connectivity index (χ3n) is 7.35. The molecule has 1 amide bonds. The van der Waals surface area contributed by atoms with Gasteiger partial charge in [-0.15, -0.1) is 0 Å². The summed E-state index contributed by atoms with van der Waals surface area (Å²) in [6.45, 7) is 6.78. The second kappa shape index (κ2) is 11.5. The maximum absolute atomic E-state index is 14.7. The van der Waals surface area contributed by atoms with Gasteiger partial charge in [0.1, 0.15) is 29.5 Å². The van der Waals surface area contributed by atoms with E-state index in [-0.39, 0.29) is 11.7 Å². The number of carbonyl (C=O) groups excluding carboxylic acids is 1. The molecule has 0 aliphatic heterocycles. The molecule has 3 N–H and O–H groups in total. The predicted octanol–water partition coefficient (Wildman–Crippen LogP) is 6.90. The molecular formula is C34H34FN7O2. The van der Waals surface area contributed by atoms with Gasteiger partial charge in [-0.3, -0.25) is 14.9 Å². The van der Waals surface area contributed by atoms with Crippen LogP contribution in [0.5, 0.6) is 5.75 Å². The van der Waals surface area contributed by atoms with Crippen LogP contribution in [0.25, 0.3) is 55.6 Å². The highest BCUT2D eigenvalue weighted by atomic mass is 19.1. The van der Waals surface area contributed by atoms with E-state index in [0.717, 1.165) is 50.9 Å². The van der Waals surface area contributed by atoms with Crippen molar-refractivity contribution in [3.63, 3.8) is 0 Å². The molecule has 9 nitrogen and oxygen atoms in total. The smallest absolute Gasteiger partial charge is 0.229 e. The summed E-state index contributed by atoms with van der Waals surface area (Å²) in [6, 6.07) is 16.5. The minimum Gasteiger partial charge on any atom is -0.492 e. The monoisotopic (exact) mass is 591 g/mol. The van der Waals surface area contributed by atoms with Crippen molar-refractivity contribution in [3.05, 3.63) is 79.0 Å². The largest absolute Gasteiger partial charge is 0.492 e. The van der Waals surface area contributed by atoms with Gasteiger partial charge in [0.2, 0.25) is 5.91 Å². The number of H-pyrrole nitrogens is 2. The second-order valence-corrected chi connectivity index (χ2v) is 12.1. The highest BCUT2D eigenvalue weighted by Crippen LogP contribution is 2.36. The fourth-order valence-corrected chi connectivity index (χ4v) is 4.94. The molecule has 4 aromatic heterocycles. The second-order valence-electron chi connectivity index (χ2n) is 12.1. The molecule has 0 fully saturated rings. The molecule has 2 aromatic carbocycles. The number of carbonyl (C=O) groups is 1. The number of likely N-dealkylation sites (N-methyl/N-ethyl adjacent to an activating group) is 1. The van der Waals surface area contributed by atoms with Crippen molar-refractivity contribution < 1.29 is 13.9 Å². The van der Waals surface area contributed by atoms with E-state index in [4.69, 9.17) is 4.74 Å². The Bertz CT molecular complexity index is 1990. The average Bonchev–Trinajstić information content (AvgIpc) is 3.60. The quantitative estimate of drug-likeness (QED) is 0.178. The Morgan fingerprint density at radius 3 is 2.61 bits per heavy atom. The molecular weight excluding hydrogens is 557 g/mol. The first-order valence-corrected chi connectivity index (χ1v) is 14.4. The van der Waals surface area contributed by atoms with Gasteiger partial charge in [0.15, 0.2) is 0 Å². The van der Waals surface area contributed by atoms with Crippen molar-refractivity contribution in [1.82, 2.24) is 30.0 Å². The number of aromatic nitrogens is 5. The zero-order chi connectivity index (χ0) is 31.0. The van der Waals surface area contributed by atoms with Crippen LogP contribution in [-0.2, 0) is 4.79 Å². The molecule has 6 rings (SSSR count). The summed E-state index contributed by atoms with van der Waals surface area (Å²) in [4.78, 5) is 26.8. The number of rotatable bonds is 8. The number of nitrogens with zero attached hydrogens (tertiary/aromatic N) is 4. The number of hydrogen-bond donors (Lipinski definition) is 3. The Balaban J connectivity index is 1.35. The van der Waals surface area contributed by atoms with E-state index < -0.39 is 5.41 Å². The Labute approximate surface area is 254 Å². The van der Waals surface area contributed by atoms with Crippen molar-refractivity contribution in [2.24, 2.45) is 5.41 Å². The maximum Gasteiger partial charge on any atom is 0.229 e. The molecule has 44 heavy (non-hydrogen) atoms. The van der Waals surface area contributed by atoms with Crippen LogP contribution in [0.4, 0.5) is 10.1 Å². The molecule has 0 radical (unpaired) electrons. The number of anilines is 1. The number of nitrogens with one attached hydrogen (secondary N) is 3. The van der Waals surface area contributed by atoms with Crippen LogP contribution in [0.2, 0.25) is 0 Å². The van der Waals surface area contributed by atoms with E-state index in [9.17, 15) is 9.18 Å². The third-order valence-corrected chi connectivity index (χ3v) is 7.35. The topological polar surface area (TPSA) is 112 Å². The lowest BCUT2D eigenvalue weighted by Crippen LogP contribution is -2.27. The maximum atomic E-state index is 14.7. The standard InChI is InChI=1S/C34H34FN7O2/c1-34(2,3)33(43)38-24-13-22(18-36-19-24)20-6-7-29-28(15-20)31(41-40-29)30-17-27-26(8-9-37-32(27)39-30)21-12-23(35)16-25(14-21)44-11-10-42(4)5/h6-9,12-19H,10-11H2,1-5H3,(H,37,39)(H,38,43)(H,40,41). The Morgan fingerprint density at radius 2 is 1.82 bits per heavy atom. The van der Waals surface area contributed by atoms with E-state index >= 15 is 0 Å². The first kappa shape index (κ1) is 29.0. The summed E-state index contributed by atoms with van der Waals surface area (Å²) in [5, 5.41) is 12.4. The normalized spacial score (nSPS) is 11.9. The van der Waals surface area contributed by atoms with Crippen molar-refractivity contribution >= 4 is 33.5 Å². The molecule has 224 valence electrons. The number of fused-ring (bicyclic) bond motifs is 2. The van der Waals surface area contributed by atoms with E-state index in [1.165, 1.54) is 12.1 Å². The zero-order valence-corrected chi connectivity index (χ0v) is 25.3. The molecule has 0 aliphatic carbocycles. The van der Waals surface area contributed by atoms with Crippen LogP contribution < -0.4 is 10.1 Å². The minimum absolute atomic E-state index is 0.0814. The van der Waals surface area contributed by atoms with Gasteiger partial charge in [-0.1, -0.05) is 26.8 Å². The molecule has 0 unspecified atom stereocenters. The van der Waals surface area contributed by atoms with Gasteiger partial charge in [0.25, 0.3) is 0 Å². The summed E-state index contributed by atoms with van der Waals surface area (Å²) in [5.74, 6) is 0.0255. The minimum atomic E-state index is -0.522. The van der Waals surface area contributed by atoms with E-state index in [0.29, 0.717) is 29.3 Å². The molecule has 0 atom stereocenters. The van der Waals surface area contributed by atoms with Crippen LogP contribution in [0.3, 0.4) is 0 Å². The summed E-state index contributed by atoms with van der Waals surface area (Å²) >= 11 is 0. The number of pyridine rings is 2. The van der Waals surface area contributed by atoms with Crippen molar-refractivity contribution in [1.29, 1.82) is 0 Å². The molecule has 0 saturated carbocycles. The highest BCUT2D eigenvalue weighted by Gasteiger charge is 2.21. The van der Waals surface area contributed by atoms with Crippen LogP contribution in [0.15, 0.2) is 73.2 Å². The summed E-state index contributed by atoms with van der Waals surface area (Å²) in [7, 11) is 3.93. The van der Waals surface area contributed by atoms with Gasteiger partial charge in [0, 0.05) is 46.8 Å². The molecule has 0 bridgehead atoms. The molecule has 10 heteroatoms. The number of halogens is 1. The lowest BCUT2D eigenvalue weighted by molar-refractivity contribution is -0.123. The molecule has 6 aromatic rings. The number of benzene rings is 2. The Kier molecular flexibility index (Phi) is 7.60. The van der Waals surface area contributed by atoms with Gasteiger partial charge in [0.05, 0.1) is 23.1 Å². The predicted molar refractivity (Wildman–Crippen MR) is 172 cm³/mol. The van der Waals surface area contributed by atoms with E-state index in [2.05, 4.69) is 30.5 Å². The van der Waals surface area contributed by atoms with Crippen molar-refractivity contribution in [2.45, 2.75) is 20.8 Å². The lowest BCUT2D eigenvalue weighted by atomic mass is 9.95. The highest BCUT2D eigenvalue weighted by molar-refractivity contribution is 6.01. The van der Waals surface area contributed by atoms with Gasteiger partial charge in [-0.25, -0.2) is 9.37 Å². The number of ether oxygens (including phenoxy) is 1. The molecule has 4 heterocycles. The van der Waals surface area contributed by atoms with Crippen molar-refractivity contribution in [2.75, 3.05) is 32.6 Å². The Morgan fingerprint density at radius 1 is 0.977 bits per heavy atom. The lowest BCUT2D eigenvalue weighted by Gasteiger charge is -2.17. The van der Waals surface area contributed by atoms with Gasteiger partial charge < -0.3 is 19.9 Å². The number of hydrogen-bond acceptors (Lipinski definition) is 6. The van der Waals surface area contributed by atoms with Gasteiger partial charge in [-0.05, 0) is 73.3 Å². The SMILES string of the molecule is CN(C)CCOc1cc(F)cc(-c2ccnc3[nH]c(-c4n[nH]c5ccc(-c6cncc(NC(=O)C(C)(C)C)c6)cc45)cc23)c1. The molecule has 0 aliphatic rings. The van der Waals surface area contributed by atoms with Gasteiger partial charge >= 0.3 is 0 Å². The van der Waals surface area contributed by atoms with Crippen LogP contribution >= 0.6 is 0 Å². The first-order chi connectivity index (χ1) is 21.0. The van der Waals surface area contributed by atoms with Gasteiger partial charge in [-0.2, -0.15) is 5.10 Å². The zero-order valence-electron chi connectivity index (χ0n) is 25.3. The summed E-state index contributed by atoms with van der Waals surface area (Å²) in [6.07, 6.45) is 5.11. The molecule has 0 saturated heterocycles. The summed E-state index contributed by atoms with van der Waals surface area (Å²) < 4.78 is 20.5. The van der Waals surface area contributed by atoms with E-state index in [1.54, 1.807) is 18.6 Å². The van der Waals surface area contributed by atoms with Crippen molar-refractivity contribution in [3.8, 4) is 39.4 Å². The number of aromatic amines is 2.